The Morgan fingerprint density at radius 2 is 1.88 bits per heavy atom. The first-order valence-corrected chi connectivity index (χ1v) is 8.65. The van der Waals surface area contributed by atoms with Gasteiger partial charge in [-0.05, 0) is 26.0 Å². The van der Waals surface area contributed by atoms with Crippen LogP contribution in [-0.4, -0.2) is 69.1 Å². The van der Waals surface area contributed by atoms with Crippen molar-refractivity contribution >= 4 is 17.5 Å². The minimum atomic E-state index is -0.161. The van der Waals surface area contributed by atoms with Crippen molar-refractivity contribution in [3.8, 4) is 5.75 Å². The van der Waals surface area contributed by atoms with Crippen molar-refractivity contribution in [1.29, 1.82) is 0 Å². The molecule has 2 amide bonds. The molecule has 1 aromatic carbocycles. The molecule has 1 heterocycles. The summed E-state index contributed by atoms with van der Waals surface area (Å²) in [6, 6.07) is 8.08. The molecule has 2 N–H and O–H groups in total. The van der Waals surface area contributed by atoms with E-state index in [1.54, 1.807) is 7.11 Å². The molecule has 7 nitrogen and oxygen atoms in total. The summed E-state index contributed by atoms with van der Waals surface area (Å²) in [6.45, 7) is 7.46. The Morgan fingerprint density at radius 3 is 2.52 bits per heavy atom. The molecule has 0 bridgehead atoms. The minimum Gasteiger partial charge on any atom is -0.497 e. The van der Waals surface area contributed by atoms with E-state index in [4.69, 9.17) is 4.74 Å². The molecule has 1 aliphatic heterocycles. The number of carbonyl (C=O) groups is 2. The smallest absolute Gasteiger partial charge is 0.239 e. The quantitative estimate of drug-likeness (QED) is 0.749. The van der Waals surface area contributed by atoms with Gasteiger partial charge in [0.05, 0.1) is 20.2 Å². The van der Waals surface area contributed by atoms with Gasteiger partial charge >= 0.3 is 0 Å². The molecule has 1 aromatic rings. The predicted octanol–water partition coefficient (Wildman–Crippen LogP) is 0.458. The van der Waals surface area contributed by atoms with E-state index in [9.17, 15) is 9.59 Å². The fraction of sp³-hybridized carbons (Fsp3) is 0.556. The van der Waals surface area contributed by atoms with Crippen molar-refractivity contribution in [2.24, 2.45) is 0 Å². The number of rotatable bonds is 7. The number of piperazine rings is 1. The zero-order chi connectivity index (χ0) is 18.2. The highest BCUT2D eigenvalue weighted by Gasteiger charge is 2.19. The van der Waals surface area contributed by atoms with Crippen LogP contribution in [0.5, 0.6) is 5.75 Å². The summed E-state index contributed by atoms with van der Waals surface area (Å²) in [4.78, 5) is 27.9. The molecular weight excluding hydrogens is 320 g/mol. The van der Waals surface area contributed by atoms with Crippen molar-refractivity contribution < 1.29 is 14.3 Å². The number of nitrogens with one attached hydrogen (secondary N) is 2. The minimum absolute atomic E-state index is 0.0286. The van der Waals surface area contributed by atoms with E-state index < -0.39 is 0 Å². The maximum atomic E-state index is 12.0. The molecule has 1 saturated heterocycles. The Labute approximate surface area is 149 Å². The average Bonchev–Trinajstić information content (AvgIpc) is 2.60. The molecule has 2 rings (SSSR count). The van der Waals surface area contributed by atoms with Gasteiger partial charge < -0.3 is 20.3 Å². The fourth-order valence-corrected chi connectivity index (χ4v) is 2.78. The molecule has 0 unspecified atom stereocenters. The molecule has 0 atom stereocenters. The second-order valence-corrected chi connectivity index (χ2v) is 6.46. The molecule has 1 aliphatic rings. The number of hydrogen-bond acceptors (Lipinski definition) is 5. The van der Waals surface area contributed by atoms with Crippen LogP contribution in [0.2, 0.25) is 0 Å². The van der Waals surface area contributed by atoms with Crippen LogP contribution in [0, 0.1) is 0 Å². The topological polar surface area (TPSA) is 73.9 Å². The van der Waals surface area contributed by atoms with Gasteiger partial charge in [-0.3, -0.25) is 14.5 Å². The third-order valence-electron chi connectivity index (χ3n) is 4.05. The number of carbonyl (C=O) groups excluding carboxylic acids is 2. The number of anilines is 1. The number of methoxy groups -OCH3 is 1. The number of nitrogens with zero attached hydrogens (tertiary/aromatic N) is 2. The van der Waals surface area contributed by atoms with E-state index in [2.05, 4.69) is 26.5 Å². The van der Waals surface area contributed by atoms with Gasteiger partial charge in [-0.25, -0.2) is 0 Å². The molecule has 0 aromatic heterocycles. The molecule has 0 saturated carbocycles. The van der Waals surface area contributed by atoms with Gasteiger partial charge in [0.25, 0.3) is 0 Å². The van der Waals surface area contributed by atoms with E-state index in [1.165, 1.54) is 0 Å². The first-order valence-electron chi connectivity index (χ1n) is 8.65. The maximum Gasteiger partial charge on any atom is 0.239 e. The van der Waals surface area contributed by atoms with Crippen LogP contribution in [0.4, 0.5) is 5.69 Å². The lowest BCUT2D eigenvalue weighted by molar-refractivity contribution is -0.127. The Morgan fingerprint density at radius 1 is 1.16 bits per heavy atom. The Balaban J connectivity index is 1.72. The molecule has 25 heavy (non-hydrogen) atoms. The van der Waals surface area contributed by atoms with E-state index >= 15 is 0 Å². The fourth-order valence-electron chi connectivity index (χ4n) is 2.78. The zero-order valence-electron chi connectivity index (χ0n) is 15.2. The lowest BCUT2D eigenvalue weighted by Crippen LogP contribution is -2.50. The molecule has 138 valence electrons. The predicted molar refractivity (Wildman–Crippen MR) is 97.9 cm³/mol. The van der Waals surface area contributed by atoms with Gasteiger partial charge in [-0.1, -0.05) is 6.07 Å². The normalized spacial score (nSPS) is 15.1. The first kappa shape index (κ1) is 19.1. The van der Waals surface area contributed by atoms with Crippen molar-refractivity contribution in [3.05, 3.63) is 24.3 Å². The molecular formula is C18H28N4O3. The second-order valence-electron chi connectivity index (χ2n) is 6.46. The highest BCUT2D eigenvalue weighted by molar-refractivity contribution is 5.85. The van der Waals surface area contributed by atoms with Crippen molar-refractivity contribution in [1.82, 2.24) is 15.5 Å². The molecule has 0 spiro atoms. The highest BCUT2D eigenvalue weighted by atomic mass is 16.5. The molecule has 0 aliphatic carbocycles. The lowest BCUT2D eigenvalue weighted by atomic mass is 10.2. The van der Waals surface area contributed by atoms with Crippen LogP contribution in [0.3, 0.4) is 0 Å². The monoisotopic (exact) mass is 348 g/mol. The second kappa shape index (κ2) is 9.27. The standard InChI is InChI=1S/C18H28N4O3/c1-14(2)20-17(23)12-19-18(24)13-21-7-9-22(10-8-21)15-5-4-6-16(11-15)25-3/h4-6,11,14H,7-10,12-13H2,1-3H3,(H,19,24)(H,20,23). The Bertz CT molecular complexity index is 583. The van der Waals surface area contributed by atoms with E-state index in [0.717, 1.165) is 37.6 Å². The summed E-state index contributed by atoms with van der Waals surface area (Å²) in [5.41, 5.74) is 1.13. The van der Waals surface area contributed by atoms with E-state index in [-0.39, 0.29) is 24.4 Å². The van der Waals surface area contributed by atoms with Crippen molar-refractivity contribution in [3.63, 3.8) is 0 Å². The van der Waals surface area contributed by atoms with Crippen LogP contribution >= 0.6 is 0 Å². The van der Waals surface area contributed by atoms with Gasteiger partial charge in [0, 0.05) is 44.0 Å². The third-order valence-corrected chi connectivity index (χ3v) is 4.05. The number of hydrogen-bond donors (Lipinski definition) is 2. The van der Waals surface area contributed by atoms with E-state index in [0.29, 0.717) is 6.54 Å². The molecule has 7 heteroatoms. The van der Waals surface area contributed by atoms with Crippen LogP contribution < -0.4 is 20.3 Å². The van der Waals surface area contributed by atoms with Crippen molar-refractivity contribution in [2.45, 2.75) is 19.9 Å². The summed E-state index contributed by atoms with van der Waals surface area (Å²) in [5, 5.41) is 5.42. The Kier molecular flexibility index (Phi) is 7.06. The van der Waals surface area contributed by atoms with Crippen LogP contribution in [0.1, 0.15) is 13.8 Å². The summed E-state index contributed by atoms with van der Waals surface area (Å²) in [6.07, 6.45) is 0. The summed E-state index contributed by atoms with van der Waals surface area (Å²) < 4.78 is 5.27. The summed E-state index contributed by atoms with van der Waals surface area (Å²) >= 11 is 0. The largest absolute Gasteiger partial charge is 0.497 e. The summed E-state index contributed by atoms with van der Waals surface area (Å²) in [7, 11) is 1.66. The van der Waals surface area contributed by atoms with Gasteiger partial charge in [0.15, 0.2) is 0 Å². The lowest BCUT2D eigenvalue weighted by Gasteiger charge is -2.35. The van der Waals surface area contributed by atoms with Crippen LogP contribution in [0.25, 0.3) is 0 Å². The molecule has 0 radical (unpaired) electrons. The SMILES string of the molecule is COc1cccc(N2CCN(CC(=O)NCC(=O)NC(C)C)CC2)c1. The van der Waals surface area contributed by atoms with E-state index in [1.807, 2.05) is 32.0 Å². The van der Waals surface area contributed by atoms with Crippen LogP contribution in [-0.2, 0) is 9.59 Å². The maximum absolute atomic E-state index is 12.0. The van der Waals surface area contributed by atoms with Crippen LogP contribution in [0.15, 0.2) is 24.3 Å². The highest BCUT2D eigenvalue weighted by Crippen LogP contribution is 2.21. The third kappa shape index (κ3) is 6.26. The summed E-state index contributed by atoms with van der Waals surface area (Å²) in [5.74, 6) is 0.568. The van der Waals surface area contributed by atoms with Gasteiger partial charge in [0.2, 0.25) is 11.8 Å². The number of ether oxygens (including phenoxy) is 1. The average molecular weight is 348 g/mol. The van der Waals surface area contributed by atoms with Crippen molar-refractivity contribution in [2.75, 3.05) is 51.3 Å². The zero-order valence-corrected chi connectivity index (χ0v) is 15.2. The molecule has 1 fully saturated rings. The van der Waals surface area contributed by atoms with Gasteiger partial charge in [-0.15, -0.1) is 0 Å². The van der Waals surface area contributed by atoms with Gasteiger partial charge in [0.1, 0.15) is 5.75 Å². The number of benzene rings is 1. The first-order chi connectivity index (χ1) is 12.0. The Hall–Kier alpha value is -2.28. The van der Waals surface area contributed by atoms with Gasteiger partial charge in [-0.2, -0.15) is 0 Å². The number of amides is 2.